The molecule has 3 rings (SSSR count). The van der Waals surface area contributed by atoms with Gasteiger partial charge in [0.25, 0.3) is 0 Å². The number of thioether (sulfide) groups is 1. The number of benzene rings is 1. The molecule has 0 spiro atoms. The molecule has 138 valence electrons. The lowest BCUT2D eigenvalue weighted by molar-refractivity contribution is -0.116. The Labute approximate surface area is 152 Å². The third kappa shape index (κ3) is 3.92. The number of halogens is 1. The number of hydrogen-bond acceptors (Lipinski definition) is 8. The smallest absolute Gasteiger partial charge is 0.185 e. The van der Waals surface area contributed by atoms with Crippen molar-refractivity contribution in [2.24, 2.45) is 4.99 Å². The van der Waals surface area contributed by atoms with E-state index < -0.39 is 0 Å². The van der Waals surface area contributed by atoms with Gasteiger partial charge in [0, 0.05) is 19.4 Å². The highest BCUT2D eigenvalue weighted by molar-refractivity contribution is 8.00. The number of Topliss-reactive ketones (excluding diaryl/α,β-unsaturated/α-hetero) is 1. The maximum atomic E-state index is 13.6. The molecule has 0 aliphatic heterocycles. The van der Waals surface area contributed by atoms with Gasteiger partial charge in [-0.1, -0.05) is 23.9 Å². The molecule has 1 atom stereocenters. The summed E-state index contributed by atoms with van der Waals surface area (Å²) in [6, 6.07) is 4.48. The van der Waals surface area contributed by atoms with Crippen molar-refractivity contribution in [1.29, 1.82) is 0 Å². The van der Waals surface area contributed by atoms with Gasteiger partial charge in [-0.05, 0) is 33.9 Å². The number of ketones is 1. The fraction of sp³-hybridized carbons (Fsp3) is 0.375. The Bertz CT molecular complexity index is 826. The van der Waals surface area contributed by atoms with Crippen molar-refractivity contribution in [3.63, 3.8) is 0 Å². The van der Waals surface area contributed by atoms with E-state index in [9.17, 15) is 14.4 Å². The first-order valence-corrected chi connectivity index (χ1v) is 8.96. The third-order valence-electron chi connectivity index (χ3n) is 3.97. The average molecular weight is 380 g/mol. The van der Waals surface area contributed by atoms with Crippen molar-refractivity contribution in [1.82, 2.24) is 15.8 Å². The molecule has 1 aromatic heterocycles. The van der Waals surface area contributed by atoms with Gasteiger partial charge in [-0.25, -0.2) is 9.02 Å². The Kier molecular flexibility index (Phi) is 5.96. The zero-order chi connectivity index (χ0) is 18.5. The van der Waals surface area contributed by atoms with Gasteiger partial charge >= 0.3 is 0 Å². The number of hydrogen-bond donors (Lipinski definition) is 3. The van der Waals surface area contributed by atoms with Crippen LogP contribution in [0.25, 0.3) is 0 Å². The summed E-state index contributed by atoms with van der Waals surface area (Å²) in [5.41, 5.74) is 3.52. The Morgan fingerprint density at radius 2 is 2.31 bits per heavy atom. The molecule has 1 aliphatic carbocycles. The van der Waals surface area contributed by atoms with Gasteiger partial charge < -0.3 is 5.11 Å². The molecule has 1 aliphatic rings. The summed E-state index contributed by atoms with van der Waals surface area (Å²) in [4.78, 5) is 16.1. The lowest BCUT2D eigenvalue weighted by Crippen LogP contribution is -2.26. The molecule has 10 heteroatoms. The Morgan fingerprint density at radius 3 is 3.08 bits per heavy atom. The number of aromatic nitrogens is 2. The number of carbonyl (C=O) groups is 1. The Hall–Kier alpha value is -2.30. The molecule has 0 bridgehead atoms. The second-order valence-electron chi connectivity index (χ2n) is 5.69. The predicted molar refractivity (Wildman–Crippen MR) is 90.7 cm³/mol. The van der Waals surface area contributed by atoms with Crippen LogP contribution in [-0.4, -0.2) is 44.6 Å². The van der Waals surface area contributed by atoms with Crippen LogP contribution >= 0.6 is 11.8 Å². The number of aliphatic hydroxyl groups is 1. The van der Waals surface area contributed by atoms with Crippen LogP contribution in [0.4, 0.5) is 4.39 Å². The number of aliphatic imine (C=N–C) groups is 1. The zero-order valence-corrected chi connectivity index (χ0v) is 14.5. The molecule has 0 saturated carbocycles. The first-order chi connectivity index (χ1) is 12.6. The quantitative estimate of drug-likeness (QED) is 0.274. The topological polar surface area (TPSA) is 121 Å². The van der Waals surface area contributed by atoms with Gasteiger partial charge in [0.05, 0.1) is 11.8 Å². The minimum Gasteiger partial charge on any atom is -0.396 e. The van der Waals surface area contributed by atoms with Crippen LogP contribution in [0.5, 0.6) is 0 Å². The molecule has 8 nitrogen and oxygen atoms in total. The van der Waals surface area contributed by atoms with E-state index in [2.05, 4.69) is 15.3 Å². The number of rotatable bonds is 8. The summed E-state index contributed by atoms with van der Waals surface area (Å²) < 4.78 is 18.3. The zero-order valence-electron chi connectivity index (χ0n) is 13.7. The Balaban J connectivity index is 1.72. The summed E-state index contributed by atoms with van der Waals surface area (Å²) in [7, 11) is 0. The highest BCUT2D eigenvalue weighted by Gasteiger charge is 2.30. The number of amidine groups is 1. The van der Waals surface area contributed by atoms with E-state index in [0.29, 0.717) is 23.4 Å². The normalized spacial score (nSPS) is 16.1. The molecule has 26 heavy (non-hydrogen) atoms. The monoisotopic (exact) mass is 380 g/mol. The number of aliphatic hydroxyl groups excluding tert-OH is 1. The standard InChI is InChI=1S/C16H17FN4O4S/c17-12-5-1-4-10-11(12)7-13(10)18-15(19-24)14-16(21-25-20-14)26-8-9(23)3-2-6-22/h1,4-5,13,22,24H,2-3,6-8H2,(H,18,19). The number of carbonyl (C=O) groups excluding carboxylic acids is 1. The van der Waals surface area contributed by atoms with Crippen molar-refractivity contribution in [3.05, 3.63) is 40.8 Å². The Morgan fingerprint density at radius 1 is 1.46 bits per heavy atom. The van der Waals surface area contributed by atoms with Crippen molar-refractivity contribution in [3.8, 4) is 0 Å². The molecule has 2 aromatic rings. The first kappa shape index (κ1) is 18.5. The third-order valence-corrected chi connectivity index (χ3v) is 4.98. The number of hydroxylamine groups is 1. The second-order valence-corrected chi connectivity index (χ2v) is 6.65. The van der Waals surface area contributed by atoms with Crippen molar-refractivity contribution in [2.75, 3.05) is 12.4 Å². The van der Waals surface area contributed by atoms with Crippen LogP contribution in [0.2, 0.25) is 0 Å². The molecule has 0 fully saturated rings. The van der Waals surface area contributed by atoms with Crippen LogP contribution in [0, 0.1) is 5.82 Å². The second kappa shape index (κ2) is 8.39. The minimum atomic E-state index is -0.309. The van der Waals surface area contributed by atoms with Gasteiger partial charge in [-0.2, -0.15) is 0 Å². The molecule has 0 saturated heterocycles. The maximum Gasteiger partial charge on any atom is 0.185 e. The van der Waals surface area contributed by atoms with Crippen molar-refractivity contribution in [2.45, 2.75) is 30.3 Å². The summed E-state index contributed by atoms with van der Waals surface area (Å²) >= 11 is 1.11. The molecule has 3 N–H and O–H groups in total. The van der Waals surface area contributed by atoms with E-state index in [0.717, 1.165) is 17.3 Å². The summed E-state index contributed by atoms with van der Waals surface area (Å²) in [5, 5.41) is 25.9. The summed E-state index contributed by atoms with van der Waals surface area (Å²) in [6.07, 6.45) is 1.10. The number of nitrogens with one attached hydrogen (secondary N) is 1. The van der Waals surface area contributed by atoms with Crippen LogP contribution in [0.1, 0.15) is 35.7 Å². The van der Waals surface area contributed by atoms with Gasteiger partial charge in [-0.15, -0.1) is 0 Å². The first-order valence-electron chi connectivity index (χ1n) is 7.97. The highest BCUT2D eigenvalue weighted by Crippen LogP contribution is 2.38. The van der Waals surface area contributed by atoms with Crippen LogP contribution < -0.4 is 5.48 Å². The largest absolute Gasteiger partial charge is 0.396 e. The van der Waals surface area contributed by atoms with Crippen molar-refractivity contribution >= 4 is 23.4 Å². The van der Waals surface area contributed by atoms with E-state index >= 15 is 0 Å². The maximum absolute atomic E-state index is 13.6. The summed E-state index contributed by atoms with van der Waals surface area (Å²) in [6.45, 7) is -0.0398. The molecule has 1 aromatic carbocycles. The van der Waals surface area contributed by atoms with Crippen LogP contribution in [0.15, 0.2) is 32.8 Å². The average Bonchev–Trinajstić information content (AvgIpc) is 3.09. The SMILES string of the molecule is O=C(CCCO)CSc1nonc1C(=NC1Cc2c(F)cccc21)NO. The fourth-order valence-electron chi connectivity index (χ4n) is 2.61. The number of fused-ring (bicyclic) bond motifs is 1. The highest BCUT2D eigenvalue weighted by atomic mass is 32.2. The molecular formula is C16H17FN4O4S. The van der Waals surface area contributed by atoms with E-state index in [1.54, 1.807) is 12.1 Å². The van der Waals surface area contributed by atoms with Gasteiger partial charge in [0.2, 0.25) is 0 Å². The molecule has 0 radical (unpaired) electrons. The molecule has 1 unspecified atom stereocenters. The lowest BCUT2D eigenvalue weighted by Gasteiger charge is -2.27. The molecular weight excluding hydrogens is 363 g/mol. The molecule has 0 amide bonds. The predicted octanol–water partition coefficient (Wildman–Crippen LogP) is 1.67. The van der Waals surface area contributed by atoms with Crippen molar-refractivity contribution < 1.29 is 24.1 Å². The van der Waals surface area contributed by atoms with E-state index in [1.165, 1.54) is 6.07 Å². The van der Waals surface area contributed by atoms with E-state index in [4.69, 9.17) is 9.74 Å². The van der Waals surface area contributed by atoms with E-state index in [-0.39, 0.29) is 48.0 Å². The van der Waals surface area contributed by atoms with Gasteiger partial charge in [-0.3, -0.25) is 20.5 Å². The van der Waals surface area contributed by atoms with Gasteiger partial charge in [0.15, 0.2) is 16.6 Å². The number of nitrogens with zero attached hydrogens (tertiary/aromatic N) is 3. The van der Waals surface area contributed by atoms with Crippen LogP contribution in [0.3, 0.4) is 0 Å². The molecule has 1 heterocycles. The summed E-state index contributed by atoms with van der Waals surface area (Å²) in [5.74, 6) is -0.140. The van der Waals surface area contributed by atoms with Crippen LogP contribution in [-0.2, 0) is 11.2 Å². The van der Waals surface area contributed by atoms with E-state index in [1.807, 2.05) is 5.48 Å². The lowest BCUT2D eigenvalue weighted by atomic mass is 9.83. The fourth-order valence-corrected chi connectivity index (χ4v) is 3.40. The minimum absolute atomic E-state index is 0.0384. The van der Waals surface area contributed by atoms with Gasteiger partial charge in [0.1, 0.15) is 11.6 Å².